The van der Waals surface area contributed by atoms with Crippen LogP contribution in [0.2, 0.25) is 0 Å². The van der Waals surface area contributed by atoms with Gasteiger partial charge in [-0.1, -0.05) is 20.8 Å². The average molecular weight is 253 g/mol. The highest BCUT2D eigenvalue weighted by Crippen LogP contribution is 2.03. The summed E-state index contributed by atoms with van der Waals surface area (Å²) in [6, 6.07) is -0.297. The van der Waals surface area contributed by atoms with Crippen molar-refractivity contribution in [2.24, 2.45) is 5.73 Å². The van der Waals surface area contributed by atoms with Crippen molar-refractivity contribution in [1.29, 1.82) is 0 Å². The number of hydrogen-bond acceptors (Lipinski definition) is 4. The van der Waals surface area contributed by atoms with Crippen LogP contribution < -0.4 is 11.1 Å². The summed E-state index contributed by atoms with van der Waals surface area (Å²) in [6.07, 6.45) is 2.31. The van der Waals surface area contributed by atoms with Crippen LogP contribution >= 0.6 is 0 Å². The number of aryl methyl sites for hydroxylation is 3. The van der Waals surface area contributed by atoms with Crippen LogP contribution in [0.15, 0.2) is 0 Å². The molecule has 0 aliphatic rings. The van der Waals surface area contributed by atoms with Gasteiger partial charge in [0, 0.05) is 19.4 Å². The maximum atomic E-state index is 11.2. The smallest absolute Gasteiger partial charge is 0.234 e. The number of primary amides is 1. The summed E-state index contributed by atoms with van der Waals surface area (Å²) in [5.41, 5.74) is 5.34. The Morgan fingerprint density at radius 3 is 2.61 bits per heavy atom. The van der Waals surface area contributed by atoms with E-state index in [2.05, 4.69) is 22.3 Å². The van der Waals surface area contributed by atoms with Gasteiger partial charge in [0.1, 0.15) is 5.82 Å². The van der Waals surface area contributed by atoms with E-state index in [1.54, 1.807) is 0 Å². The first kappa shape index (κ1) is 14.6. The van der Waals surface area contributed by atoms with Gasteiger partial charge >= 0.3 is 0 Å². The number of rotatable bonds is 8. The number of aromatic nitrogens is 3. The van der Waals surface area contributed by atoms with E-state index >= 15 is 0 Å². The maximum absolute atomic E-state index is 11.2. The van der Waals surface area contributed by atoms with E-state index in [4.69, 9.17) is 5.73 Å². The van der Waals surface area contributed by atoms with Crippen molar-refractivity contribution in [2.75, 3.05) is 6.54 Å². The minimum absolute atomic E-state index is 0.297. The van der Waals surface area contributed by atoms with E-state index in [0.717, 1.165) is 31.0 Å². The zero-order chi connectivity index (χ0) is 13.5. The van der Waals surface area contributed by atoms with Gasteiger partial charge in [0.25, 0.3) is 0 Å². The summed E-state index contributed by atoms with van der Waals surface area (Å²) in [7, 11) is 0. The summed E-state index contributed by atoms with van der Waals surface area (Å²) in [4.78, 5) is 15.7. The van der Waals surface area contributed by atoms with Gasteiger partial charge in [-0.25, -0.2) is 9.67 Å². The fourth-order valence-corrected chi connectivity index (χ4v) is 1.86. The minimum Gasteiger partial charge on any atom is -0.368 e. The SMILES string of the molecule is CCNC(CCn1nc(CC)nc1CC)C(N)=O. The van der Waals surface area contributed by atoms with Crippen molar-refractivity contribution in [3.8, 4) is 0 Å². The third kappa shape index (κ3) is 3.80. The highest BCUT2D eigenvalue weighted by Gasteiger charge is 2.15. The van der Waals surface area contributed by atoms with Crippen molar-refractivity contribution in [3.63, 3.8) is 0 Å². The second kappa shape index (κ2) is 7.10. The van der Waals surface area contributed by atoms with E-state index in [0.29, 0.717) is 13.0 Å². The van der Waals surface area contributed by atoms with Gasteiger partial charge in [-0.05, 0) is 13.0 Å². The molecule has 1 rings (SSSR count). The number of amides is 1. The molecule has 18 heavy (non-hydrogen) atoms. The predicted octanol–water partition coefficient (Wildman–Crippen LogP) is 0.256. The molecular formula is C12H23N5O. The molecule has 0 saturated carbocycles. The molecule has 1 unspecified atom stereocenters. The predicted molar refractivity (Wildman–Crippen MR) is 70.1 cm³/mol. The molecule has 1 atom stereocenters. The molecular weight excluding hydrogens is 230 g/mol. The van der Waals surface area contributed by atoms with Crippen LogP contribution in [0.25, 0.3) is 0 Å². The average Bonchev–Trinajstić information content (AvgIpc) is 2.76. The minimum atomic E-state index is -0.314. The van der Waals surface area contributed by atoms with Gasteiger partial charge in [0.15, 0.2) is 5.82 Å². The molecule has 1 amide bonds. The number of carbonyl (C=O) groups is 1. The van der Waals surface area contributed by atoms with Crippen LogP contribution in [0.4, 0.5) is 0 Å². The Hall–Kier alpha value is -1.43. The largest absolute Gasteiger partial charge is 0.368 e. The topological polar surface area (TPSA) is 85.8 Å². The number of nitrogens with one attached hydrogen (secondary N) is 1. The molecule has 0 spiro atoms. The second-order valence-electron chi connectivity index (χ2n) is 4.18. The van der Waals surface area contributed by atoms with Crippen molar-refractivity contribution in [1.82, 2.24) is 20.1 Å². The molecule has 1 aromatic heterocycles. The lowest BCUT2D eigenvalue weighted by Crippen LogP contribution is -2.41. The monoisotopic (exact) mass is 253 g/mol. The third-order valence-corrected chi connectivity index (χ3v) is 2.85. The molecule has 0 aliphatic heterocycles. The molecule has 1 aromatic rings. The maximum Gasteiger partial charge on any atom is 0.234 e. The number of nitrogens with zero attached hydrogens (tertiary/aromatic N) is 3. The standard InChI is InChI=1S/C12H23N5O/c1-4-10-15-11(5-2)17(16-10)8-7-9(12(13)18)14-6-3/h9,14H,4-8H2,1-3H3,(H2,13,18). The van der Waals surface area contributed by atoms with E-state index < -0.39 is 0 Å². The lowest BCUT2D eigenvalue weighted by atomic mass is 10.2. The van der Waals surface area contributed by atoms with Crippen LogP contribution in [0.5, 0.6) is 0 Å². The summed E-state index contributed by atoms with van der Waals surface area (Å²) < 4.78 is 1.88. The second-order valence-corrected chi connectivity index (χ2v) is 4.18. The van der Waals surface area contributed by atoms with E-state index in [1.807, 2.05) is 18.5 Å². The van der Waals surface area contributed by atoms with Crippen molar-refractivity contribution in [2.45, 2.75) is 52.6 Å². The Morgan fingerprint density at radius 2 is 2.11 bits per heavy atom. The van der Waals surface area contributed by atoms with Crippen LogP contribution in [0.3, 0.4) is 0 Å². The van der Waals surface area contributed by atoms with Crippen LogP contribution in [0, 0.1) is 0 Å². The van der Waals surface area contributed by atoms with Gasteiger partial charge in [0.2, 0.25) is 5.91 Å². The number of carbonyl (C=O) groups excluding carboxylic acids is 1. The van der Waals surface area contributed by atoms with E-state index in [9.17, 15) is 4.79 Å². The number of likely N-dealkylation sites (N-methyl/N-ethyl adjacent to an activating group) is 1. The molecule has 0 radical (unpaired) electrons. The molecule has 1 heterocycles. The van der Waals surface area contributed by atoms with Crippen LogP contribution in [-0.4, -0.2) is 33.3 Å². The highest BCUT2D eigenvalue weighted by molar-refractivity contribution is 5.79. The molecule has 0 saturated heterocycles. The van der Waals surface area contributed by atoms with Crippen molar-refractivity contribution in [3.05, 3.63) is 11.6 Å². The summed E-state index contributed by atoms with van der Waals surface area (Å²) in [5, 5.41) is 7.49. The van der Waals surface area contributed by atoms with Crippen molar-refractivity contribution < 1.29 is 4.79 Å². The number of hydrogen-bond donors (Lipinski definition) is 2. The highest BCUT2D eigenvalue weighted by atomic mass is 16.1. The molecule has 0 aromatic carbocycles. The van der Waals surface area contributed by atoms with E-state index in [-0.39, 0.29) is 11.9 Å². The Balaban J connectivity index is 2.66. The van der Waals surface area contributed by atoms with Crippen LogP contribution in [0.1, 0.15) is 38.8 Å². The fourth-order valence-electron chi connectivity index (χ4n) is 1.86. The molecule has 6 heteroatoms. The van der Waals surface area contributed by atoms with Gasteiger partial charge in [-0.3, -0.25) is 4.79 Å². The molecule has 6 nitrogen and oxygen atoms in total. The Bertz CT molecular complexity index is 388. The summed E-state index contributed by atoms with van der Waals surface area (Å²) >= 11 is 0. The lowest BCUT2D eigenvalue weighted by Gasteiger charge is -2.14. The van der Waals surface area contributed by atoms with E-state index in [1.165, 1.54) is 0 Å². The van der Waals surface area contributed by atoms with Gasteiger partial charge in [-0.15, -0.1) is 0 Å². The quantitative estimate of drug-likeness (QED) is 0.695. The molecule has 0 aliphatic carbocycles. The molecule has 0 fully saturated rings. The number of nitrogens with two attached hydrogens (primary N) is 1. The fraction of sp³-hybridized carbons (Fsp3) is 0.750. The van der Waals surface area contributed by atoms with Gasteiger partial charge in [0.05, 0.1) is 6.04 Å². The Morgan fingerprint density at radius 1 is 1.39 bits per heavy atom. The normalized spacial score (nSPS) is 12.6. The lowest BCUT2D eigenvalue weighted by molar-refractivity contribution is -0.120. The van der Waals surface area contributed by atoms with Gasteiger partial charge in [-0.2, -0.15) is 5.10 Å². The van der Waals surface area contributed by atoms with Crippen LogP contribution in [-0.2, 0) is 24.2 Å². The van der Waals surface area contributed by atoms with Crippen molar-refractivity contribution >= 4 is 5.91 Å². The third-order valence-electron chi connectivity index (χ3n) is 2.85. The Kier molecular flexibility index (Phi) is 5.77. The first-order valence-corrected chi connectivity index (χ1v) is 6.57. The molecule has 3 N–H and O–H groups in total. The molecule has 102 valence electrons. The summed E-state index contributed by atoms with van der Waals surface area (Å²) in [5.74, 6) is 1.50. The zero-order valence-electron chi connectivity index (χ0n) is 11.4. The first-order chi connectivity index (χ1) is 8.62. The summed E-state index contributed by atoms with van der Waals surface area (Å²) in [6.45, 7) is 7.43. The zero-order valence-corrected chi connectivity index (χ0v) is 11.4. The Labute approximate surface area is 108 Å². The molecule has 0 bridgehead atoms. The first-order valence-electron chi connectivity index (χ1n) is 6.57. The van der Waals surface area contributed by atoms with Gasteiger partial charge < -0.3 is 11.1 Å².